The van der Waals surface area contributed by atoms with Gasteiger partial charge in [0.05, 0.1) is 10.9 Å². The molecule has 0 atom stereocenters. The Hall–Kier alpha value is -2.88. The number of carbonyl (C=O) groups excluding carboxylic acids is 1. The maximum atomic E-state index is 11.5. The van der Waals surface area contributed by atoms with Gasteiger partial charge in [0.2, 0.25) is 5.89 Å². The van der Waals surface area contributed by atoms with E-state index >= 15 is 0 Å². The molecule has 0 amide bonds. The van der Waals surface area contributed by atoms with Crippen molar-refractivity contribution in [3.8, 4) is 0 Å². The molecule has 0 aliphatic carbocycles. The van der Waals surface area contributed by atoms with Gasteiger partial charge in [0.15, 0.2) is 0 Å². The van der Waals surface area contributed by atoms with E-state index in [4.69, 9.17) is 4.42 Å². The first-order chi connectivity index (χ1) is 12.3. The van der Waals surface area contributed by atoms with Gasteiger partial charge < -0.3 is 19.2 Å². The fourth-order valence-corrected chi connectivity index (χ4v) is 3.01. The van der Waals surface area contributed by atoms with Gasteiger partial charge in [0.1, 0.15) is 0 Å². The molecule has 2 rings (SSSR count). The number of aryl methyl sites for hydroxylation is 1. The SMILES string of the molecule is CCN(CC)c1ccc([N+](=O)[O-])cc1/C=C(/Sc1nnc(C)o1)C(=O)[O-]. The van der Waals surface area contributed by atoms with E-state index < -0.39 is 10.9 Å². The number of carboxylic acids is 1. The zero-order valence-corrected chi connectivity index (χ0v) is 15.3. The van der Waals surface area contributed by atoms with Crippen LogP contribution in [-0.4, -0.2) is 34.2 Å². The maximum Gasteiger partial charge on any atom is 0.281 e. The van der Waals surface area contributed by atoms with Crippen molar-refractivity contribution in [2.75, 3.05) is 18.0 Å². The summed E-state index contributed by atoms with van der Waals surface area (Å²) in [6, 6.07) is 4.32. The average Bonchev–Trinajstić information content (AvgIpc) is 3.01. The Bertz CT molecular complexity index is 845. The highest BCUT2D eigenvalue weighted by molar-refractivity contribution is 8.03. The van der Waals surface area contributed by atoms with Crippen molar-refractivity contribution in [2.24, 2.45) is 0 Å². The molecule has 0 fully saturated rings. The Balaban J connectivity index is 2.53. The van der Waals surface area contributed by atoms with Gasteiger partial charge in [-0.3, -0.25) is 10.1 Å². The van der Waals surface area contributed by atoms with Gasteiger partial charge in [-0.1, -0.05) is 0 Å². The normalized spacial score (nSPS) is 11.4. The summed E-state index contributed by atoms with van der Waals surface area (Å²) in [4.78, 5) is 23.8. The van der Waals surface area contributed by atoms with Crippen LogP contribution in [-0.2, 0) is 4.79 Å². The number of nitrogens with zero attached hydrogens (tertiary/aromatic N) is 4. The molecular weight excluding hydrogens is 360 g/mol. The molecule has 0 radical (unpaired) electrons. The first kappa shape index (κ1) is 19.4. The highest BCUT2D eigenvalue weighted by Gasteiger charge is 2.15. The van der Waals surface area contributed by atoms with Crippen molar-refractivity contribution in [1.29, 1.82) is 0 Å². The van der Waals surface area contributed by atoms with Crippen LogP contribution in [0, 0.1) is 17.0 Å². The summed E-state index contributed by atoms with van der Waals surface area (Å²) >= 11 is 0.733. The number of aliphatic carboxylic acids is 1. The van der Waals surface area contributed by atoms with E-state index in [1.165, 1.54) is 18.2 Å². The molecule has 138 valence electrons. The van der Waals surface area contributed by atoms with E-state index in [9.17, 15) is 20.0 Å². The first-order valence-electron chi connectivity index (χ1n) is 7.80. The standard InChI is InChI=1S/C16H18N4O5S/c1-4-19(5-2)13-7-6-12(20(23)24)8-11(13)9-14(15(21)22)26-16-18-17-10(3)25-16/h6-9H,4-5H2,1-3H3,(H,21,22)/p-1/b14-9+. The number of anilines is 1. The number of carbonyl (C=O) groups is 1. The summed E-state index contributed by atoms with van der Waals surface area (Å²) in [5.41, 5.74) is 0.941. The minimum absolute atomic E-state index is 0.0489. The summed E-state index contributed by atoms with van der Waals surface area (Å²) in [7, 11) is 0. The van der Waals surface area contributed by atoms with Crippen LogP contribution < -0.4 is 10.0 Å². The Morgan fingerprint density at radius 3 is 2.54 bits per heavy atom. The van der Waals surface area contributed by atoms with E-state index in [0.717, 1.165) is 11.8 Å². The quantitative estimate of drug-likeness (QED) is 0.294. The highest BCUT2D eigenvalue weighted by atomic mass is 32.2. The molecule has 0 saturated carbocycles. The summed E-state index contributed by atoms with van der Waals surface area (Å²) in [6.07, 6.45) is 1.32. The lowest BCUT2D eigenvalue weighted by molar-refractivity contribution is -0.384. The van der Waals surface area contributed by atoms with Crippen molar-refractivity contribution in [1.82, 2.24) is 10.2 Å². The molecule has 0 aliphatic rings. The number of nitro groups is 1. The molecule has 1 aromatic carbocycles. The van der Waals surface area contributed by atoms with Gasteiger partial charge >= 0.3 is 0 Å². The van der Waals surface area contributed by atoms with E-state index in [-0.39, 0.29) is 15.8 Å². The number of carboxylic acid groups (broad SMARTS) is 1. The van der Waals surface area contributed by atoms with Gasteiger partial charge in [-0.05, 0) is 37.8 Å². The molecule has 2 aromatic rings. The Labute approximate surface area is 153 Å². The fraction of sp³-hybridized carbons (Fsp3) is 0.312. The molecule has 9 nitrogen and oxygen atoms in total. The zero-order valence-electron chi connectivity index (χ0n) is 14.5. The van der Waals surface area contributed by atoms with Crippen molar-refractivity contribution in [3.63, 3.8) is 0 Å². The van der Waals surface area contributed by atoms with Crippen LogP contribution in [0.3, 0.4) is 0 Å². The average molecular weight is 377 g/mol. The molecule has 0 unspecified atom stereocenters. The predicted molar refractivity (Wildman–Crippen MR) is 94.5 cm³/mol. The number of non-ortho nitro benzene ring substituents is 1. The van der Waals surface area contributed by atoms with Crippen molar-refractivity contribution in [2.45, 2.75) is 26.0 Å². The number of thioether (sulfide) groups is 1. The van der Waals surface area contributed by atoms with Gasteiger partial charge in [0.25, 0.3) is 10.9 Å². The minimum Gasteiger partial charge on any atom is -0.544 e. The summed E-state index contributed by atoms with van der Waals surface area (Å²) in [5.74, 6) is -1.15. The number of rotatable bonds is 8. The Kier molecular flexibility index (Phi) is 6.34. The van der Waals surface area contributed by atoms with E-state index in [0.29, 0.717) is 30.2 Å². The van der Waals surface area contributed by atoms with E-state index in [1.807, 2.05) is 18.7 Å². The van der Waals surface area contributed by atoms with Crippen LogP contribution in [0.25, 0.3) is 6.08 Å². The number of aromatic nitrogens is 2. The lowest BCUT2D eigenvalue weighted by Gasteiger charge is -2.23. The second kappa shape index (κ2) is 8.48. The third-order valence-corrected chi connectivity index (χ3v) is 4.36. The Morgan fingerprint density at radius 1 is 1.35 bits per heavy atom. The second-order valence-corrected chi connectivity index (χ2v) is 6.15. The predicted octanol–water partition coefficient (Wildman–Crippen LogP) is 2.02. The topological polar surface area (TPSA) is 125 Å². The third-order valence-electron chi connectivity index (χ3n) is 3.52. The smallest absolute Gasteiger partial charge is 0.281 e. The summed E-state index contributed by atoms with van der Waals surface area (Å²) in [6.45, 7) is 6.78. The number of hydrogen-bond donors (Lipinski definition) is 0. The molecule has 1 heterocycles. The lowest BCUT2D eigenvalue weighted by Crippen LogP contribution is -2.24. The molecule has 1 aromatic heterocycles. The Morgan fingerprint density at radius 2 is 2.04 bits per heavy atom. The van der Waals surface area contributed by atoms with E-state index in [2.05, 4.69) is 10.2 Å². The number of nitro benzene ring substituents is 1. The third kappa shape index (κ3) is 4.60. The summed E-state index contributed by atoms with van der Waals surface area (Å²) in [5, 5.41) is 30.0. The summed E-state index contributed by atoms with van der Waals surface area (Å²) < 4.78 is 5.17. The van der Waals surface area contributed by atoms with E-state index in [1.54, 1.807) is 13.0 Å². The first-order valence-corrected chi connectivity index (χ1v) is 8.61. The molecule has 0 spiro atoms. The molecule has 0 aliphatic heterocycles. The maximum absolute atomic E-state index is 11.5. The largest absolute Gasteiger partial charge is 0.544 e. The van der Waals surface area contributed by atoms with Crippen LogP contribution in [0.2, 0.25) is 0 Å². The second-order valence-electron chi connectivity index (χ2n) is 5.16. The lowest BCUT2D eigenvalue weighted by atomic mass is 10.1. The molecule has 0 saturated heterocycles. The van der Waals surface area contributed by atoms with Crippen molar-refractivity contribution < 1.29 is 19.2 Å². The van der Waals surface area contributed by atoms with Crippen LogP contribution in [0.1, 0.15) is 25.3 Å². The fourth-order valence-electron chi connectivity index (χ4n) is 2.31. The molecule has 0 bridgehead atoms. The van der Waals surface area contributed by atoms with Crippen LogP contribution in [0.4, 0.5) is 11.4 Å². The van der Waals surface area contributed by atoms with Crippen LogP contribution in [0.15, 0.2) is 32.7 Å². The molecule has 0 N–H and O–H groups in total. The number of benzene rings is 1. The van der Waals surface area contributed by atoms with Gasteiger partial charge in [-0.25, -0.2) is 0 Å². The number of hydrogen-bond acceptors (Lipinski definition) is 9. The molecular formula is C16H17N4O5S-. The highest BCUT2D eigenvalue weighted by Crippen LogP contribution is 2.32. The minimum atomic E-state index is -1.44. The molecule has 10 heteroatoms. The van der Waals surface area contributed by atoms with Gasteiger partial charge in [0, 0.05) is 48.3 Å². The molecule has 26 heavy (non-hydrogen) atoms. The van der Waals surface area contributed by atoms with Gasteiger partial charge in [-0.2, -0.15) is 0 Å². The van der Waals surface area contributed by atoms with Crippen molar-refractivity contribution >= 4 is 35.2 Å². The monoisotopic (exact) mass is 377 g/mol. The van der Waals surface area contributed by atoms with Crippen LogP contribution >= 0.6 is 11.8 Å². The zero-order chi connectivity index (χ0) is 19.3. The van der Waals surface area contributed by atoms with Gasteiger partial charge in [-0.15, -0.1) is 10.2 Å². The van der Waals surface area contributed by atoms with Crippen molar-refractivity contribution in [3.05, 3.63) is 44.7 Å². The van der Waals surface area contributed by atoms with Crippen LogP contribution in [0.5, 0.6) is 0 Å².